The third kappa shape index (κ3) is 10.8. The average molecular weight is 241 g/mol. The van der Waals surface area contributed by atoms with E-state index in [4.69, 9.17) is 0 Å². The second kappa shape index (κ2) is 9.94. The van der Waals surface area contributed by atoms with Crippen LogP contribution in [0, 0.1) is 5.41 Å². The van der Waals surface area contributed by atoms with E-state index in [1.807, 2.05) is 0 Å². The standard InChI is InChI=1S/C16H35N/c1-6-8-10-12-15(3)17-14-16(4,5)13-11-9-7-2/h15,17H,6-14H2,1-5H3. The van der Waals surface area contributed by atoms with Crippen molar-refractivity contribution in [2.45, 2.75) is 92.0 Å². The Morgan fingerprint density at radius 1 is 0.941 bits per heavy atom. The zero-order valence-electron chi connectivity index (χ0n) is 12.9. The molecule has 0 aliphatic heterocycles. The van der Waals surface area contributed by atoms with Gasteiger partial charge in [0.25, 0.3) is 0 Å². The summed E-state index contributed by atoms with van der Waals surface area (Å²) in [6, 6.07) is 0.687. The van der Waals surface area contributed by atoms with Crippen molar-refractivity contribution in [2.75, 3.05) is 6.54 Å². The summed E-state index contributed by atoms with van der Waals surface area (Å²) in [6.45, 7) is 12.8. The molecular formula is C16H35N. The first kappa shape index (κ1) is 17.0. The van der Waals surface area contributed by atoms with Crippen LogP contribution in [0.3, 0.4) is 0 Å². The fraction of sp³-hybridized carbons (Fsp3) is 1.00. The average Bonchev–Trinajstić information content (AvgIpc) is 2.27. The monoisotopic (exact) mass is 241 g/mol. The lowest BCUT2D eigenvalue weighted by Gasteiger charge is -2.27. The highest BCUT2D eigenvalue weighted by atomic mass is 14.9. The number of rotatable bonds is 11. The number of unbranched alkanes of at least 4 members (excludes halogenated alkanes) is 4. The molecule has 1 unspecified atom stereocenters. The van der Waals surface area contributed by atoms with E-state index in [0.717, 1.165) is 0 Å². The van der Waals surface area contributed by atoms with E-state index < -0.39 is 0 Å². The lowest BCUT2D eigenvalue weighted by molar-refractivity contribution is 0.285. The van der Waals surface area contributed by atoms with Gasteiger partial charge in [-0.25, -0.2) is 0 Å². The molecular weight excluding hydrogens is 206 g/mol. The van der Waals surface area contributed by atoms with Gasteiger partial charge in [-0.2, -0.15) is 0 Å². The Morgan fingerprint density at radius 2 is 1.53 bits per heavy atom. The van der Waals surface area contributed by atoms with Crippen LogP contribution in [0.15, 0.2) is 0 Å². The van der Waals surface area contributed by atoms with Crippen LogP contribution in [0.5, 0.6) is 0 Å². The van der Waals surface area contributed by atoms with Gasteiger partial charge in [-0.1, -0.05) is 66.2 Å². The van der Waals surface area contributed by atoms with Gasteiger partial charge in [0.15, 0.2) is 0 Å². The van der Waals surface area contributed by atoms with Crippen molar-refractivity contribution in [1.82, 2.24) is 5.32 Å². The summed E-state index contributed by atoms with van der Waals surface area (Å²) in [5, 5.41) is 3.71. The Kier molecular flexibility index (Phi) is 9.91. The van der Waals surface area contributed by atoms with Crippen LogP contribution in [-0.4, -0.2) is 12.6 Å². The molecule has 104 valence electrons. The van der Waals surface area contributed by atoms with Crippen LogP contribution in [0.4, 0.5) is 0 Å². The Balaban J connectivity index is 3.61. The molecule has 1 atom stereocenters. The van der Waals surface area contributed by atoms with Crippen molar-refractivity contribution in [3.63, 3.8) is 0 Å². The molecule has 0 spiro atoms. The molecule has 0 saturated heterocycles. The Labute approximate surface area is 110 Å². The summed E-state index contributed by atoms with van der Waals surface area (Å²) in [7, 11) is 0. The molecule has 17 heavy (non-hydrogen) atoms. The summed E-state index contributed by atoms with van der Waals surface area (Å²) in [6.07, 6.45) is 10.9. The molecule has 0 saturated carbocycles. The topological polar surface area (TPSA) is 12.0 Å². The molecule has 1 N–H and O–H groups in total. The van der Waals surface area contributed by atoms with Crippen LogP contribution in [-0.2, 0) is 0 Å². The fourth-order valence-electron chi connectivity index (χ4n) is 2.20. The molecule has 0 rings (SSSR count). The van der Waals surface area contributed by atoms with E-state index in [9.17, 15) is 0 Å². The zero-order valence-corrected chi connectivity index (χ0v) is 12.9. The quantitative estimate of drug-likeness (QED) is 0.493. The number of hydrogen-bond donors (Lipinski definition) is 1. The third-order valence-corrected chi connectivity index (χ3v) is 3.63. The predicted octanol–water partition coefficient (Wildman–Crippen LogP) is 5.15. The van der Waals surface area contributed by atoms with Crippen molar-refractivity contribution >= 4 is 0 Å². The van der Waals surface area contributed by atoms with Crippen molar-refractivity contribution in [3.05, 3.63) is 0 Å². The van der Waals surface area contributed by atoms with E-state index in [1.54, 1.807) is 0 Å². The molecule has 0 bridgehead atoms. The molecule has 0 aromatic rings. The Hall–Kier alpha value is -0.0400. The maximum Gasteiger partial charge on any atom is 0.00389 e. The maximum absolute atomic E-state index is 3.71. The smallest absolute Gasteiger partial charge is 0.00389 e. The normalized spacial score (nSPS) is 13.9. The number of nitrogens with one attached hydrogen (secondary N) is 1. The second-order valence-corrected chi connectivity index (χ2v) is 6.40. The van der Waals surface area contributed by atoms with Gasteiger partial charge in [0, 0.05) is 12.6 Å². The Bertz CT molecular complexity index is 163. The third-order valence-electron chi connectivity index (χ3n) is 3.63. The minimum atomic E-state index is 0.466. The summed E-state index contributed by atoms with van der Waals surface area (Å²) < 4.78 is 0. The van der Waals surface area contributed by atoms with Gasteiger partial charge >= 0.3 is 0 Å². The van der Waals surface area contributed by atoms with E-state index in [-0.39, 0.29) is 0 Å². The minimum Gasteiger partial charge on any atom is -0.314 e. The van der Waals surface area contributed by atoms with Gasteiger partial charge in [-0.3, -0.25) is 0 Å². The summed E-state index contributed by atoms with van der Waals surface area (Å²) in [5.41, 5.74) is 0.466. The van der Waals surface area contributed by atoms with Gasteiger partial charge in [-0.05, 0) is 25.2 Å². The first-order valence-electron chi connectivity index (χ1n) is 7.75. The fourth-order valence-corrected chi connectivity index (χ4v) is 2.20. The van der Waals surface area contributed by atoms with E-state index in [1.165, 1.54) is 57.9 Å². The van der Waals surface area contributed by atoms with Crippen LogP contribution in [0.2, 0.25) is 0 Å². The predicted molar refractivity (Wildman–Crippen MR) is 79.5 cm³/mol. The lowest BCUT2D eigenvalue weighted by atomic mass is 9.86. The van der Waals surface area contributed by atoms with Crippen molar-refractivity contribution in [2.24, 2.45) is 5.41 Å². The molecule has 0 aromatic heterocycles. The Morgan fingerprint density at radius 3 is 2.12 bits per heavy atom. The molecule has 0 aromatic carbocycles. The highest BCUT2D eigenvalue weighted by Gasteiger charge is 2.17. The first-order valence-corrected chi connectivity index (χ1v) is 7.75. The number of hydrogen-bond acceptors (Lipinski definition) is 1. The lowest BCUT2D eigenvalue weighted by Crippen LogP contribution is -2.35. The van der Waals surface area contributed by atoms with E-state index in [0.29, 0.717) is 11.5 Å². The van der Waals surface area contributed by atoms with Gasteiger partial charge in [0.05, 0.1) is 0 Å². The van der Waals surface area contributed by atoms with Crippen LogP contribution >= 0.6 is 0 Å². The van der Waals surface area contributed by atoms with Crippen molar-refractivity contribution in [1.29, 1.82) is 0 Å². The van der Waals surface area contributed by atoms with Crippen LogP contribution < -0.4 is 5.32 Å². The maximum atomic E-state index is 3.71. The largest absolute Gasteiger partial charge is 0.314 e. The minimum absolute atomic E-state index is 0.466. The summed E-state index contributed by atoms with van der Waals surface area (Å²) in [4.78, 5) is 0. The SMILES string of the molecule is CCCCCC(C)NCC(C)(C)CCCCC. The van der Waals surface area contributed by atoms with Gasteiger partial charge in [0.2, 0.25) is 0 Å². The highest BCUT2D eigenvalue weighted by molar-refractivity contribution is 4.74. The molecule has 0 aliphatic rings. The first-order chi connectivity index (χ1) is 8.02. The summed E-state index contributed by atoms with van der Waals surface area (Å²) >= 11 is 0. The molecule has 0 heterocycles. The molecule has 1 nitrogen and oxygen atoms in total. The molecule has 1 heteroatoms. The molecule has 0 radical (unpaired) electrons. The zero-order chi connectivity index (χ0) is 13.1. The van der Waals surface area contributed by atoms with Gasteiger partial charge in [-0.15, -0.1) is 0 Å². The molecule has 0 fully saturated rings. The van der Waals surface area contributed by atoms with Crippen molar-refractivity contribution < 1.29 is 0 Å². The second-order valence-electron chi connectivity index (χ2n) is 6.40. The van der Waals surface area contributed by atoms with E-state index >= 15 is 0 Å². The summed E-state index contributed by atoms with van der Waals surface area (Å²) in [5.74, 6) is 0. The van der Waals surface area contributed by atoms with Gasteiger partial charge in [0.1, 0.15) is 0 Å². The molecule has 0 amide bonds. The van der Waals surface area contributed by atoms with Crippen LogP contribution in [0.25, 0.3) is 0 Å². The highest BCUT2D eigenvalue weighted by Crippen LogP contribution is 2.23. The van der Waals surface area contributed by atoms with Crippen LogP contribution in [0.1, 0.15) is 86.0 Å². The molecule has 0 aliphatic carbocycles. The van der Waals surface area contributed by atoms with Crippen molar-refractivity contribution in [3.8, 4) is 0 Å². The van der Waals surface area contributed by atoms with Gasteiger partial charge < -0.3 is 5.32 Å². The van der Waals surface area contributed by atoms with E-state index in [2.05, 4.69) is 39.9 Å².